The number of carbonyl (C=O) groups is 1. The highest BCUT2D eigenvalue weighted by Gasteiger charge is 2.32. The third kappa shape index (κ3) is 3.48. The molecule has 158 valence electrons. The summed E-state index contributed by atoms with van der Waals surface area (Å²) in [6.07, 6.45) is 1.54. The van der Waals surface area contributed by atoms with Gasteiger partial charge in [-0.05, 0) is 26.0 Å². The molecule has 11 heteroatoms. The van der Waals surface area contributed by atoms with Crippen LogP contribution in [-0.2, 0) is 10.0 Å². The number of nitro benzene ring substituents is 1. The Morgan fingerprint density at radius 1 is 1.17 bits per heavy atom. The van der Waals surface area contributed by atoms with Crippen molar-refractivity contribution in [3.05, 3.63) is 55.9 Å². The minimum Gasteiger partial charge on any atom is -0.360 e. The SMILES string of the molecule is Cc1cc(S(=O)(=O)N2CCN(C(=O)c3c[nH]c4ccc([N+](=O)[O-])cc34)CC2)c(C)s1. The highest BCUT2D eigenvalue weighted by atomic mass is 32.2. The summed E-state index contributed by atoms with van der Waals surface area (Å²) in [5.41, 5.74) is 0.885. The second-order valence-corrected chi connectivity index (χ2v) is 10.5. The standard InChI is InChI=1S/C19H20N4O5S2/c1-12-9-18(13(2)29-12)30(27,28)22-7-5-21(6-8-22)19(24)16-11-20-17-4-3-14(23(25)26)10-15(16)17/h3-4,9-11,20H,5-8H2,1-2H3. The third-order valence-corrected chi connectivity index (χ3v) is 8.37. The summed E-state index contributed by atoms with van der Waals surface area (Å²) in [5.74, 6) is -0.277. The van der Waals surface area contributed by atoms with Crippen molar-refractivity contribution in [1.29, 1.82) is 0 Å². The lowest BCUT2D eigenvalue weighted by molar-refractivity contribution is -0.384. The van der Waals surface area contributed by atoms with Gasteiger partial charge in [-0.15, -0.1) is 11.3 Å². The number of piperazine rings is 1. The van der Waals surface area contributed by atoms with Crippen LogP contribution in [0.5, 0.6) is 0 Å². The van der Waals surface area contributed by atoms with Crippen molar-refractivity contribution in [2.75, 3.05) is 26.2 Å². The van der Waals surface area contributed by atoms with E-state index < -0.39 is 14.9 Å². The quantitative estimate of drug-likeness (QED) is 0.487. The number of fused-ring (bicyclic) bond motifs is 1. The van der Waals surface area contributed by atoms with Gasteiger partial charge in [0.1, 0.15) is 0 Å². The number of aryl methyl sites for hydroxylation is 2. The lowest BCUT2D eigenvalue weighted by Crippen LogP contribution is -2.50. The summed E-state index contributed by atoms with van der Waals surface area (Å²) in [6, 6.07) is 6.01. The maximum Gasteiger partial charge on any atom is 0.270 e. The molecule has 2 aromatic heterocycles. The van der Waals surface area contributed by atoms with Crippen LogP contribution in [0.2, 0.25) is 0 Å². The number of aromatic nitrogens is 1. The Labute approximate surface area is 177 Å². The molecule has 0 spiro atoms. The Kier molecular flexibility index (Phi) is 5.12. The van der Waals surface area contributed by atoms with Crippen LogP contribution in [0.4, 0.5) is 5.69 Å². The van der Waals surface area contributed by atoms with E-state index in [2.05, 4.69) is 4.98 Å². The van der Waals surface area contributed by atoms with Crippen molar-refractivity contribution in [3.63, 3.8) is 0 Å². The first-order valence-electron chi connectivity index (χ1n) is 9.30. The monoisotopic (exact) mass is 448 g/mol. The molecular formula is C19H20N4O5S2. The molecule has 30 heavy (non-hydrogen) atoms. The zero-order valence-corrected chi connectivity index (χ0v) is 18.0. The van der Waals surface area contributed by atoms with Crippen LogP contribution in [0.3, 0.4) is 0 Å². The van der Waals surface area contributed by atoms with E-state index in [1.807, 2.05) is 6.92 Å². The smallest absolute Gasteiger partial charge is 0.270 e. The number of H-pyrrole nitrogens is 1. The van der Waals surface area contributed by atoms with Crippen LogP contribution in [0.1, 0.15) is 20.1 Å². The number of hydrogen-bond acceptors (Lipinski definition) is 6. The van der Waals surface area contributed by atoms with Crippen LogP contribution >= 0.6 is 11.3 Å². The van der Waals surface area contributed by atoms with Crippen molar-refractivity contribution >= 4 is 43.9 Å². The van der Waals surface area contributed by atoms with Gasteiger partial charge in [0.25, 0.3) is 11.6 Å². The predicted octanol–water partition coefficient (Wildman–Crippen LogP) is 2.90. The predicted molar refractivity (Wildman–Crippen MR) is 113 cm³/mol. The molecule has 0 radical (unpaired) electrons. The fourth-order valence-corrected chi connectivity index (χ4v) is 6.65. The molecule has 1 fully saturated rings. The lowest BCUT2D eigenvalue weighted by atomic mass is 10.1. The van der Waals surface area contributed by atoms with Gasteiger partial charge in [0.2, 0.25) is 10.0 Å². The van der Waals surface area contributed by atoms with Crippen LogP contribution in [-0.4, -0.2) is 59.6 Å². The molecular weight excluding hydrogens is 428 g/mol. The maximum atomic E-state index is 13.0. The number of sulfonamides is 1. The van der Waals surface area contributed by atoms with Crippen molar-refractivity contribution < 1.29 is 18.1 Å². The summed E-state index contributed by atoms with van der Waals surface area (Å²) >= 11 is 1.45. The average Bonchev–Trinajstić information content (AvgIpc) is 3.29. The number of benzene rings is 1. The molecule has 1 amide bonds. The Morgan fingerprint density at radius 3 is 2.47 bits per heavy atom. The van der Waals surface area contributed by atoms with Crippen LogP contribution < -0.4 is 0 Å². The van der Waals surface area contributed by atoms with Crippen LogP contribution in [0.25, 0.3) is 10.9 Å². The van der Waals surface area contributed by atoms with Crippen molar-refractivity contribution in [2.45, 2.75) is 18.7 Å². The average molecular weight is 449 g/mol. The van der Waals surface area contributed by atoms with Gasteiger partial charge >= 0.3 is 0 Å². The van der Waals surface area contributed by atoms with Gasteiger partial charge in [-0.1, -0.05) is 0 Å². The zero-order valence-electron chi connectivity index (χ0n) is 16.4. The van der Waals surface area contributed by atoms with Crippen LogP contribution in [0.15, 0.2) is 35.4 Å². The highest BCUT2D eigenvalue weighted by Crippen LogP contribution is 2.29. The van der Waals surface area contributed by atoms with Crippen LogP contribution in [0, 0.1) is 24.0 Å². The summed E-state index contributed by atoms with van der Waals surface area (Å²) < 4.78 is 27.3. The van der Waals surface area contributed by atoms with Gasteiger partial charge in [-0.3, -0.25) is 14.9 Å². The molecule has 9 nitrogen and oxygen atoms in total. The maximum absolute atomic E-state index is 13.0. The topological polar surface area (TPSA) is 117 Å². The van der Waals surface area contributed by atoms with Gasteiger partial charge in [0.15, 0.2) is 0 Å². The minimum absolute atomic E-state index is 0.0894. The second-order valence-electron chi connectivity index (χ2n) is 7.16. The van der Waals surface area contributed by atoms with E-state index in [4.69, 9.17) is 0 Å². The summed E-state index contributed by atoms with van der Waals surface area (Å²) in [7, 11) is -3.60. The van der Waals surface area contributed by atoms with E-state index >= 15 is 0 Å². The van der Waals surface area contributed by atoms with E-state index in [0.717, 1.165) is 9.75 Å². The first-order valence-corrected chi connectivity index (χ1v) is 11.6. The van der Waals surface area contributed by atoms with Gasteiger partial charge in [0, 0.05) is 65.2 Å². The Bertz CT molecular complexity index is 1250. The normalized spacial score (nSPS) is 15.6. The third-order valence-electron chi connectivity index (χ3n) is 5.25. The number of thiophene rings is 1. The molecule has 0 aliphatic carbocycles. The molecule has 1 aromatic carbocycles. The Balaban J connectivity index is 1.52. The number of non-ortho nitro benzene ring substituents is 1. The largest absolute Gasteiger partial charge is 0.360 e. The summed E-state index contributed by atoms with van der Waals surface area (Å²) in [5, 5.41) is 11.5. The van der Waals surface area contributed by atoms with E-state index in [1.54, 1.807) is 24.0 Å². The number of nitrogens with one attached hydrogen (secondary N) is 1. The molecule has 1 saturated heterocycles. The van der Waals surface area contributed by atoms with E-state index in [9.17, 15) is 23.3 Å². The number of rotatable bonds is 4. The highest BCUT2D eigenvalue weighted by molar-refractivity contribution is 7.89. The molecule has 1 aliphatic rings. The molecule has 4 rings (SSSR count). The molecule has 0 atom stereocenters. The first kappa shape index (κ1) is 20.5. The zero-order chi connectivity index (χ0) is 21.6. The van der Waals surface area contributed by atoms with Gasteiger partial charge < -0.3 is 9.88 Å². The van der Waals surface area contributed by atoms with E-state index in [0.29, 0.717) is 21.4 Å². The Hall–Kier alpha value is -2.76. The number of nitro groups is 1. The number of hydrogen-bond donors (Lipinski definition) is 1. The number of amides is 1. The van der Waals surface area contributed by atoms with E-state index in [-0.39, 0.29) is 37.8 Å². The molecule has 1 N–H and O–H groups in total. The van der Waals surface area contributed by atoms with Crippen molar-refractivity contribution in [3.8, 4) is 0 Å². The van der Waals surface area contributed by atoms with Gasteiger partial charge in [-0.25, -0.2) is 8.42 Å². The molecule has 3 heterocycles. The first-order chi connectivity index (χ1) is 14.2. The Morgan fingerprint density at radius 2 is 1.87 bits per heavy atom. The minimum atomic E-state index is -3.60. The van der Waals surface area contributed by atoms with E-state index in [1.165, 1.54) is 34.0 Å². The van der Waals surface area contributed by atoms with Crippen molar-refractivity contribution in [2.24, 2.45) is 0 Å². The van der Waals surface area contributed by atoms with Gasteiger partial charge in [0.05, 0.1) is 15.4 Å². The number of aromatic amines is 1. The number of nitrogens with zero attached hydrogens (tertiary/aromatic N) is 3. The lowest BCUT2D eigenvalue weighted by Gasteiger charge is -2.34. The fourth-order valence-electron chi connectivity index (χ4n) is 3.70. The van der Waals surface area contributed by atoms with Crippen molar-refractivity contribution in [1.82, 2.24) is 14.2 Å². The summed E-state index contributed by atoms with van der Waals surface area (Å²) in [6.45, 7) is 4.57. The molecule has 0 bridgehead atoms. The fraction of sp³-hybridized carbons (Fsp3) is 0.316. The van der Waals surface area contributed by atoms with Gasteiger partial charge in [-0.2, -0.15) is 4.31 Å². The molecule has 3 aromatic rings. The second kappa shape index (κ2) is 7.49. The molecule has 0 unspecified atom stereocenters. The number of carbonyl (C=O) groups excluding carboxylic acids is 1. The molecule has 1 aliphatic heterocycles. The summed E-state index contributed by atoms with van der Waals surface area (Å²) in [4.78, 5) is 30.1. The molecule has 0 saturated carbocycles.